The van der Waals surface area contributed by atoms with Gasteiger partial charge in [-0.05, 0) is 39.0 Å². The third kappa shape index (κ3) is 2.19. The van der Waals surface area contributed by atoms with Gasteiger partial charge >= 0.3 is 0 Å². The molecule has 0 aromatic carbocycles. The smallest absolute Gasteiger partial charge is 0.231 e. The first kappa shape index (κ1) is 11.5. The number of hydrogen-bond donors (Lipinski definition) is 2. The van der Waals surface area contributed by atoms with Gasteiger partial charge in [-0.25, -0.2) is 0 Å². The van der Waals surface area contributed by atoms with Gasteiger partial charge in [0.05, 0.1) is 0 Å². The Hall–Kier alpha value is -1.59. The van der Waals surface area contributed by atoms with E-state index in [2.05, 4.69) is 32.1 Å². The topological polar surface area (TPSA) is 80.0 Å². The second-order valence-corrected chi connectivity index (χ2v) is 5.55. The van der Waals surface area contributed by atoms with Crippen molar-refractivity contribution in [3.63, 3.8) is 0 Å². The van der Waals surface area contributed by atoms with Crippen LogP contribution in [0.2, 0.25) is 0 Å². The highest BCUT2D eigenvalue weighted by Crippen LogP contribution is 2.34. The Morgan fingerprint density at radius 3 is 2.44 bits per heavy atom. The highest BCUT2D eigenvalue weighted by molar-refractivity contribution is 5.44. The predicted molar refractivity (Wildman–Crippen MR) is 71.6 cm³/mol. The zero-order valence-electron chi connectivity index (χ0n) is 10.8. The molecule has 1 aromatic rings. The van der Waals surface area contributed by atoms with E-state index in [0.29, 0.717) is 17.8 Å². The third-order valence-electron chi connectivity index (χ3n) is 3.90. The summed E-state index contributed by atoms with van der Waals surface area (Å²) in [5.74, 6) is 1.63. The van der Waals surface area contributed by atoms with Crippen molar-refractivity contribution < 1.29 is 0 Å². The Bertz CT molecular complexity index is 436. The normalized spacial score (nSPS) is 21.7. The number of nitrogen functional groups attached to an aromatic ring is 1. The van der Waals surface area contributed by atoms with Crippen molar-refractivity contribution in [1.29, 1.82) is 0 Å². The van der Waals surface area contributed by atoms with E-state index < -0.39 is 0 Å². The van der Waals surface area contributed by atoms with Gasteiger partial charge in [0.1, 0.15) is 0 Å². The van der Waals surface area contributed by atoms with Gasteiger partial charge in [-0.2, -0.15) is 15.0 Å². The van der Waals surface area contributed by atoms with Crippen molar-refractivity contribution in [1.82, 2.24) is 15.0 Å². The minimum Gasteiger partial charge on any atom is -0.368 e. The summed E-state index contributed by atoms with van der Waals surface area (Å²) in [5, 5.41) is 3.39. The van der Waals surface area contributed by atoms with Crippen LogP contribution in [0.1, 0.15) is 39.0 Å². The first-order chi connectivity index (χ1) is 8.65. The van der Waals surface area contributed by atoms with Gasteiger partial charge in [0.25, 0.3) is 0 Å². The zero-order valence-corrected chi connectivity index (χ0v) is 10.8. The maximum absolute atomic E-state index is 5.78. The molecular weight excluding hydrogens is 228 g/mol. The van der Waals surface area contributed by atoms with Crippen molar-refractivity contribution in [3.8, 4) is 0 Å². The molecule has 6 heteroatoms. The maximum Gasteiger partial charge on any atom is 0.231 e. The molecule has 2 fully saturated rings. The largest absolute Gasteiger partial charge is 0.368 e. The Kier molecular flexibility index (Phi) is 2.72. The molecule has 18 heavy (non-hydrogen) atoms. The number of rotatable bonds is 3. The number of hydrogen-bond acceptors (Lipinski definition) is 6. The molecule has 1 aromatic heterocycles. The Balaban J connectivity index is 1.81. The molecule has 0 amide bonds. The standard InChI is InChI=1S/C12H20N6/c1-12(5-4-6-12)17-10-14-9(13)15-11(16-10)18-7-2-3-8-18/h2-8H2,1H3,(H3,13,14,15,16,17). The summed E-state index contributed by atoms with van der Waals surface area (Å²) in [7, 11) is 0. The summed E-state index contributed by atoms with van der Waals surface area (Å²) in [6.07, 6.45) is 6.00. The van der Waals surface area contributed by atoms with E-state index in [9.17, 15) is 0 Å². The Labute approximate surface area is 107 Å². The average molecular weight is 248 g/mol. The molecular formula is C12H20N6. The maximum atomic E-state index is 5.78. The second kappa shape index (κ2) is 4.26. The fourth-order valence-corrected chi connectivity index (χ4v) is 2.60. The fraction of sp³-hybridized carbons (Fsp3) is 0.750. The molecule has 0 unspecified atom stereocenters. The van der Waals surface area contributed by atoms with Crippen molar-refractivity contribution >= 4 is 17.8 Å². The first-order valence-corrected chi connectivity index (χ1v) is 6.69. The van der Waals surface area contributed by atoms with Crippen molar-refractivity contribution in [3.05, 3.63) is 0 Å². The van der Waals surface area contributed by atoms with Crippen LogP contribution < -0.4 is 16.0 Å². The lowest BCUT2D eigenvalue weighted by molar-refractivity contribution is 0.304. The van der Waals surface area contributed by atoms with Crippen molar-refractivity contribution in [2.24, 2.45) is 0 Å². The molecule has 0 atom stereocenters. The summed E-state index contributed by atoms with van der Waals surface area (Å²) >= 11 is 0. The molecule has 1 aliphatic heterocycles. The monoisotopic (exact) mass is 248 g/mol. The van der Waals surface area contributed by atoms with Crippen LogP contribution >= 0.6 is 0 Å². The summed E-state index contributed by atoms with van der Waals surface area (Å²) in [4.78, 5) is 15.1. The molecule has 98 valence electrons. The van der Waals surface area contributed by atoms with Gasteiger partial charge in [-0.1, -0.05) is 0 Å². The molecule has 1 saturated heterocycles. The third-order valence-corrected chi connectivity index (χ3v) is 3.90. The van der Waals surface area contributed by atoms with Crippen molar-refractivity contribution in [2.45, 2.75) is 44.6 Å². The van der Waals surface area contributed by atoms with Crippen LogP contribution in [0.4, 0.5) is 17.8 Å². The molecule has 6 nitrogen and oxygen atoms in total. The van der Waals surface area contributed by atoms with Crippen LogP contribution in [0, 0.1) is 0 Å². The molecule has 1 saturated carbocycles. The van der Waals surface area contributed by atoms with Crippen LogP contribution in [-0.4, -0.2) is 33.6 Å². The van der Waals surface area contributed by atoms with Gasteiger partial charge in [0, 0.05) is 18.6 Å². The summed E-state index contributed by atoms with van der Waals surface area (Å²) in [6, 6.07) is 0. The molecule has 2 heterocycles. The van der Waals surface area contributed by atoms with E-state index in [1.54, 1.807) is 0 Å². The SMILES string of the molecule is CC1(Nc2nc(N)nc(N3CCCC3)n2)CCC1. The van der Waals surface area contributed by atoms with Crippen LogP contribution in [0.25, 0.3) is 0 Å². The van der Waals surface area contributed by atoms with Gasteiger partial charge in [-0.3, -0.25) is 0 Å². The molecule has 0 bridgehead atoms. The zero-order chi connectivity index (χ0) is 12.6. The summed E-state index contributed by atoms with van der Waals surface area (Å²) in [6.45, 7) is 4.23. The van der Waals surface area contributed by atoms with E-state index in [-0.39, 0.29) is 5.54 Å². The minimum atomic E-state index is 0.135. The molecule has 0 radical (unpaired) electrons. The van der Waals surface area contributed by atoms with Crippen LogP contribution in [0.15, 0.2) is 0 Å². The van der Waals surface area contributed by atoms with E-state index in [4.69, 9.17) is 5.73 Å². The highest BCUT2D eigenvalue weighted by atomic mass is 15.3. The minimum absolute atomic E-state index is 0.135. The quantitative estimate of drug-likeness (QED) is 0.842. The summed E-state index contributed by atoms with van der Waals surface area (Å²) < 4.78 is 0. The second-order valence-electron chi connectivity index (χ2n) is 5.55. The fourth-order valence-electron chi connectivity index (χ4n) is 2.60. The van der Waals surface area contributed by atoms with Gasteiger partial charge < -0.3 is 16.0 Å². The number of nitrogens with two attached hydrogens (primary N) is 1. The molecule has 3 N–H and O–H groups in total. The van der Waals surface area contributed by atoms with E-state index in [1.807, 2.05) is 0 Å². The van der Waals surface area contributed by atoms with Crippen molar-refractivity contribution in [2.75, 3.05) is 29.0 Å². The lowest BCUT2D eigenvalue weighted by Gasteiger charge is -2.39. The lowest BCUT2D eigenvalue weighted by atomic mass is 9.79. The Morgan fingerprint density at radius 1 is 1.11 bits per heavy atom. The molecule has 3 rings (SSSR count). The van der Waals surface area contributed by atoms with E-state index in [0.717, 1.165) is 25.9 Å². The number of nitrogens with zero attached hydrogens (tertiary/aromatic N) is 4. The number of aromatic nitrogens is 3. The number of anilines is 3. The van der Waals surface area contributed by atoms with E-state index in [1.165, 1.54) is 19.3 Å². The summed E-state index contributed by atoms with van der Waals surface area (Å²) in [5.41, 5.74) is 5.91. The van der Waals surface area contributed by atoms with Gasteiger partial charge in [0.15, 0.2) is 0 Å². The average Bonchev–Trinajstić information content (AvgIpc) is 2.79. The molecule has 0 spiro atoms. The lowest BCUT2D eigenvalue weighted by Crippen LogP contribution is -2.42. The van der Waals surface area contributed by atoms with Gasteiger partial charge in [0.2, 0.25) is 17.8 Å². The Morgan fingerprint density at radius 2 is 1.83 bits per heavy atom. The first-order valence-electron chi connectivity index (χ1n) is 6.69. The van der Waals surface area contributed by atoms with E-state index >= 15 is 0 Å². The highest BCUT2D eigenvalue weighted by Gasteiger charge is 2.32. The van der Waals surface area contributed by atoms with Crippen LogP contribution in [0.3, 0.4) is 0 Å². The van der Waals surface area contributed by atoms with Crippen LogP contribution in [0.5, 0.6) is 0 Å². The molecule has 2 aliphatic rings. The van der Waals surface area contributed by atoms with Gasteiger partial charge in [-0.15, -0.1) is 0 Å². The molecule has 1 aliphatic carbocycles. The predicted octanol–water partition coefficient (Wildman–Crippen LogP) is 1.41. The van der Waals surface area contributed by atoms with Crippen LogP contribution in [-0.2, 0) is 0 Å². The number of nitrogens with one attached hydrogen (secondary N) is 1.